The van der Waals surface area contributed by atoms with Gasteiger partial charge in [-0.1, -0.05) is 37.3 Å². The fourth-order valence-electron chi connectivity index (χ4n) is 2.85. The summed E-state index contributed by atoms with van der Waals surface area (Å²) in [7, 11) is 1.57. The molecule has 0 aromatic heterocycles. The molecule has 5 nitrogen and oxygen atoms in total. The highest BCUT2D eigenvalue weighted by molar-refractivity contribution is 5.88. The molecule has 0 radical (unpaired) electrons. The van der Waals surface area contributed by atoms with E-state index in [0.717, 1.165) is 12.0 Å². The van der Waals surface area contributed by atoms with E-state index in [1.54, 1.807) is 32.2 Å². The van der Waals surface area contributed by atoms with Crippen molar-refractivity contribution in [1.82, 2.24) is 10.2 Å². The second-order valence-electron chi connectivity index (χ2n) is 6.61. The lowest BCUT2D eigenvalue weighted by molar-refractivity contribution is -0.140. The Morgan fingerprint density at radius 3 is 2.61 bits per heavy atom. The first-order valence-electron chi connectivity index (χ1n) is 9.39. The van der Waals surface area contributed by atoms with E-state index >= 15 is 0 Å². The van der Waals surface area contributed by atoms with E-state index in [0.29, 0.717) is 17.9 Å². The molecule has 0 aliphatic carbocycles. The molecule has 150 valence electrons. The Kier molecular flexibility index (Phi) is 7.99. The standard InChI is InChI=1S/C22H27FN2O3/c1-4-12-24-22(27)16(2)25(15-17-8-7-10-19(13-17)28-3)21(26)14-18-9-5-6-11-20(18)23/h5-11,13,16H,4,12,14-15H2,1-3H3,(H,24,27). The van der Waals surface area contributed by atoms with Gasteiger partial charge in [0.2, 0.25) is 11.8 Å². The van der Waals surface area contributed by atoms with Crippen molar-refractivity contribution >= 4 is 11.8 Å². The fraction of sp³-hybridized carbons (Fsp3) is 0.364. The highest BCUT2D eigenvalue weighted by Crippen LogP contribution is 2.18. The van der Waals surface area contributed by atoms with Crippen LogP contribution in [0.25, 0.3) is 0 Å². The average molecular weight is 386 g/mol. The minimum atomic E-state index is -0.683. The molecule has 28 heavy (non-hydrogen) atoms. The minimum absolute atomic E-state index is 0.109. The van der Waals surface area contributed by atoms with Gasteiger partial charge in [0.25, 0.3) is 0 Å². The minimum Gasteiger partial charge on any atom is -0.497 e. The zero-order valence-corrected chi connectivity index (χ0v) is 16.6. The van der Waals surface area contributed by atoms with E-state index < -0.39 is 11.9 Å². The molecule has 0 heterocycles. The summed E-state index contributed by atoms with van der Waals surface area (Å²) in [4.78, 5) is 26.9. The van der Waals surface area contributed by atoms with Gasteiger partial charge in [-0.15, -0.1) is 0 Å². The van der Waals surface area contributed by atoms with E-state index in [2.05, 4.69) is 5.32 Å². The monoisotopic (exact) mass is 386 g/mol. The number of carbonyl (C=O) groups excluding carboxylic acids is 2. The number of ether oxygens (including phenoxy) is 1. The molecule has 1 N–H and O–H groups in total. The molecule has 2 rings (SSSR count). The highest BCUT2D eigenvalue weighted by Gasteiger charge is 2.26. The third-order valence-corrected chi connectivity index (χ3v) is 4.50. The molecule has 2 amide bonds. The van der Waals surface area contributed by atoms with Gasteiger partial charge < -0.3 is 15.0 Å². The number of rotatable bonds is 9. The third-order valence-electron chi connectivity index (χ3n) is 4.50. The van der Waals surface area contributed by atoms with Crippen molar-refractivity contribution in [2.45, 2.75) is 39.3 Å². The molecule has 1 atom stereocenters. The normalized spacial score (nSPS) is 11.6. The molecule has 1 unspecified atom stereocenters. The van der Waals surface area contributed by atoms with E-state index in [1.807, 2.05) is 31.2 Å². The summed E-state index contributed by atoms with van der Waals surface area (Å²) in [6, 6.07) is 12.8. The van der Waals surface area contributed by atoms with Gasteiger partial charge in [-0.25, -0.2) is 4.39 Å². The molecule has 0 fully saturated rings. The van der Waals surface area contributed by atoms with Gasteiger partial charge in [0.1, 0.15) is 17.6 Å². The Bertz CT molecular complexity index is 810. The first-order valence-corrected chi connectivity index (χ1v) is 9.39. The van der Waals surface area contributed by atoms with Crippen LogP contribution in [0.5, 0.6) is 5.75 Å². The number of methoxy groups -OCH3 is 1. The van der Waals surface area contributed by atoms with E-state index in [9.17, 15) is 14.0 Å². The second-order valence-corrected chi connectivity index (χ2v) is 6.61. The van der Waals surface area contributed by atoms with Gasteiger partial charge in [-0.05, 0) is 42.7 Å². The number of halogens is 1. The van der Waals surface area contributed by atoms with Gasteiger partial charge in [0.05, 0.1) is 13.5 Å². The largest absolute Gasteiger partial charge is 0.497 e. The molecule has 2 aromatic carbocycles. The molecule has 6 heteroatoms. The lowest BCUT2D eigenvalue weighted by atomic mass is 10.1. The van der Waals surface area contributed by atoms with Gasteiger partial charge in [-0.2, -0.15) is 0 Å². The van der Waals surface area contributed by atoms with Crippen molar-refractivity contribution in [3.63, 3.8) is 0 Å². The summed E-state index contributed by atoms with van der Waals surface area (Å²) >= 11 is 0. The third kappa shape index (κ3) is 5.81. The van der Waals surface area contributed by atoms with Crippen LogP contribution in [0.4, 0.5) is 4.39 Å². The van der Waals surface area contributed by atoms with Gasteiger partial charge in [-0.3, -0.25) is 9.59 Å². The molecule has 0 saturated carbocycles. The molecular formula is C22H27FN2O3. The zero-order valence-electron chi connectivity index (χ0n) is 16.6. The summed E-state index contributed by atoms with van der Waals surface area (Å²) in [5.41, 5.74) is 1.14. The Balaban J connectivity index is 2.24. The highest BCUT2D eigenvalue weighted by atomic mass is 19.1. The Labute approximate surface area is 165 Å². The average Bonchev–Trinajstić information content (AvgIpc) is 2.71. The number of amides is 2. The Morgan fingerprint density at radius 1 is 1.18 bits per heavy atom. The Hall–Kier alpha value is -2.89. The number of nitrogens with one attached hydrogen (secondary N) is 1. The number of hydrogen-bond donors (Lipinski definition) is 1. The second kappa shape index (κ2) is 10.4. The maximum atomic E-state index is 14.0. The smallest absolute Gasteiger partial charge is 0.242 e. The van der Waals surface area contributed by atoms with Crippen molar-refractivity contribution in [3.8, 4) is 5.75 Å². The molecule has 0 aliphatic heterocycles. The van der Waals surface area contributed by atoms with Crippen molar-refractivity contribution < 1.29 is 18.7 Å². The van der Waals surface area contributed by atoms with E-state index in [-0.39, 0.29) is 24.8 Å². The lowest BCUT2D eigenvalue weighted by Crippen LogP contribution is -2.48. The van der Waals surface area contributed by atoms with Crippen LogP contribution >= 0.6 is 0 Å². The summed E-state index contributed by atoms with van der Waals surface area (Å²) < 4.78 is 19.2. The van der Waals surface area contributed by atoms with Crippen LogP contribution in [0.15, 0.2) is 48.5 Å². The van der Waals surface area contributed by atoms with Crippen molar-refractivity contribution in [3.05, 3.63) is 65.5 Å². The van der Waals surface area contributed by atoms with Crippen LogP contribution in [0, 0.1) is 5.82 Å². The van der Waals surface area contributed by atoms with Crippen LogP contribution in [-0.4, -0.2) is 36.4 Å². The first-order chi connectivity index (χ1) is 13.5. The van der Waals surface area contributed by atoms with Gasteiger partial charge in [0, 0.05) is 13.1 Å². The maximum absolute atomic E-state index is 14.0. The van der Waals surface area contributed by atoms with Crippen LogP contribution in [0.3, 0.4) is 0 Å². The SMILES string of the molecule is CCCNC(=O)C(C)N(Cc1cccc(OC)c1)C(=O)Cc1ccccc1F. The summed E-state index contributed by atoms with van der Waals surface area (Å²) in [5.74, 6) is -0.305. The van der Waals surface area contributed by atoms with Crippen LogP contribution < -0.4 is 10.1 Å². The summed E-state index contributed by atoms with van der Waals surface area (Å²) in [6.45, 7) is 4.41. The number of nitrogens with zero attached hydrogens (tertiary/aromatic N) is 1. The van der Waals surface area contributed by atoms with Crippen molar-refractivity contribution in [2.75, 3.05) is 13.7 Å². The predicted molar refractivity (Wildman–Crippen MR) is 106 cm³/mol. The molecule has 0 saturated heterocycles. The van der Waals surface area contributed by atoms with E-state index in [1.165, 1.54) is 11.0 Å². The topological polar surface area (TPSA) is 58.6 Å². The molecule has 0 aliphatic rings. The van der Waals surface area contributed by atoms with Gasteiger partial charge in [0.15, 0.2) is 0 Å². The number of carbonyl (C=O) groups is 2. The predicted octanol–water partition coefficient (Wildman–Crippen LogP) is 3.32. The number of benzene rings is 2. The first kappa shape index (κ1) is 21.4. The molecule has 2 aromatic rings. The van der Waals surface area contributed by atoms with E-state index in [4.69, 9.17) is 4.74 Å². The lowest BCUT2D eigenvalue weighted by Gasteiger charge is -2.29. The maximum Gasteiger partial charge on any atom is 0.242 e. The van der Waals surface area contributed by atoms with Crippen LogP contribution in [0.1, 0.15) is 31.4 Å². The summed E-state index contributed by atoms with van der Waals surface area (Å²) in [6.07, 6.45) is 0.694. The summed E-state index contributed by atoms with van der Waals surface area (Å²) in [5, 5.41) is 2.82. The fourth-order valence-corrected chi connectivity index (χ4v) is 2.85. The van der Waals surface area contributed by atoms with Crippen LogP contribution in [-0.2, 0) is 22.6 Å². The molecule has 0 bridgehead atoms. The number of hydrogen-bond acceptors (Lipinski definition) is 3. The Morgan fingerprint density at radius 2 is 1.93 bits per heavy atom. The zero-order chi connectivity index (χ0) is 20.5. The van der Waals surface area contributed by atoms with Gasteiger partial charge >= 0.3 is 0 Å². The molecular weight excluding hydrogens is 359 g/mol. The van der Waals surface area contributed by atoms with Crippen molar-refractivity contribution in [2.24, 2.45) is 0 Å². The molecule has 0 spiro atoms. The van der Waals surface area contributed by atoms with Crippen molar-refractivity contribution in [1.29, 1.82) is 0 Å². The van der Waals surface area contributed by atoms with Crippen LogP contribution in [0.2, 0.25) is 0 Å². The quantitative estimate of drug-likeness (QED) is 0.719.